The molecule has 8 heteroatoms. The summed E-state index contributed by atoms with van der Waals surface area (Å²) in [6.45, 7) is 0. The molecule has 16 heavy (non-hydrogen) atoms. The van der Waals surface area contributed by atoms with Crippen LogP contribution in [0, 0.1) is 0 Å². The van der Waals surface area contributed by atoms with Gasteiger partial charge in [0.25, 0.3) is 5.56 Å². The minimum absolute atomic E-state index is 0.162. The number of hydrogen-bond acceptors (Lipinski definition) is 7. The van der Waals surface area contributed by atoms with Crippen LogP contribution >= 0.6 is 11.8 Å². The van der Waals surface area contributed by atoms with Crippen molar-refractivity contribution in [1.29, 1.82) is 0 Å². The predicted octanol–water partition coefficient (Wildman–Crippen LogP) is -0.125. The lowest BCUT2D eigenvalue weighted by Gasteiger charge is -1.99. The Morgan fingerprint density at radius 3 is 2.62 bits per heavy atom. The van der Waals surface area contributed by atoms with E-state index >= 15 is 0 Å². The van der Waals surface area contributed by atoms with E-state index in [1.54, 1.807) is 12.1 Å². The number of rotatable bonds is 2. The number of aromatic nitrogens is 4. The Labute approximate surface area is 94.3 Å². The Hall–Kier alpha value is -2.09. The van der Waals surface area contributed by atoms with E-state index in [2.05, 4.69) is 20.2 Å². The summed E-state index contributed by atoms with van der Waals surface area (Å²) in [6.07, 6.45) is 0. The van der Waals surface area contributed by atoms with Crippen molar-refractivity contribution in [2.75, 3.05) is 11.5 Å². The maximum Gasteiger partial charge on any atom is 0.253 e. The van der Waals surface area contributed by atoms with Crippen molar-refractivity contribution in [3.63, 3.8) is 0 Å². The van der Waals surface area contributed by atoms with Crippen molar-refractivity contribution < 1.29 is 0 Å². The monoisotopic (exact) mass is 236 g/mol. The molecule has 0 radical (unpaired) electrons. The van der Waals surface area contributed by atoms with E-state index in [1.165, 1.54) is 6.07 Å². The largest absolute Gasteiger partial charge is 0.383 e. The van der Waals surface area contributed by atoms with Gasteiger partial charge in [-0.15, -0.1) is 10.2 Å². The van der Waals surface area contributed by atoms with E-state index < -0.39 is 0 Å². The lowest BCUT2D eigenvalue weighted by molar-refractivity contribution is 0.911. The van der Waals surface area contributed by atoms with E-state index in [0.29, 0.717) is 16.0 Å². The van der Waals surface area contributed by atoms with Crippen LogP contribution in [-0.4, -0.2) is 20.2 Å². The van der Waals surface area contributed by atoms with Gasteiger partial charge in [-0.1, -0.05) is 0 Å². The molecule has 7 nitrogen and oxygen atoms in total. The minimum Gasteiger partial charge on any atom is -0.383 e. The van der Waals surface area contributed by atoms with Crippen LogP contribution in [0.3, 0.4) is 0 Å². The molecule has 0 aliphatic carbocycles. The van der Waals surface area contributed by atoms with Crippen molar-refractivity contribution in [3.8, 4) is 0 Å². The molecule has 2 rings (SSSR count). The van der Waals surface area contributed by atoms with Gasteiger partial charge in [0.05, 0.1) is 0 Å². The number of nitrogens with zero attached hydrogens (tertiary/aromatic N) is 3. The molecule has 0 bridgehead atoms. The zero-order chi connectivity index (χ0) is 11.5. The van der Waals surface area contributed by atoms with Crippen molar-refractivity contribution in [1.82, 2.24) is 20.2 Å². The highest BCUT2D eigenvalue weighted by Crippen LogP contribution is 2.21. The van der Waals surface area contributed by atoms with Crippen LogP contribution in [-0.2, 0) is 0 Å². The Morgan fingerprint density at radius 2 is 2.00 bits per heavy atom. The fourth-order valence-electron chi connectivity index (χ4n) is 0.985. The summed E-state index contributed by atoms with van der Waals surface area (Å²) in [5.41, 5.74) is 10.5. The number of nitrogens with one attached hydrogen (secondary N) is 1. The fraction of sp³-hybridized carbons (Fsp3) is 0. The van der Waals surface area contributed by atoms with Gasteiger partial charge in [-0.25, -0.2) is 4.98 Å². The lowest BCUT2D eigenvalue weighted by Crippen LogP contribution is -2.09. The van der Waals surface area contributed by atoms with E-state index in [9.17, 15) is 4.79 Å². The number of H-pyrrole nitrogens is 1. The van der Waals surface area contributed by atoms with Gasteiger partial charge in [-0.05, 0) is 23.9 Å². The highest BCUT2D eigenvalue weighted by atomic mass is 32.2. The van der Waals surface area contributed by atoms with Crippen LogP contribution in [0.2, 0.25) is 0 Å². The summed E-state index contributed by atoms with van der Waals surface area (Å²) in [5.74, 6) is 0.494. The normalized spacial score (nSPS) is 10.2. The third kappa shape index (κ3) is 2.48. The molecular formula is C8H8N6OS. The molecule has 0 fully saturated rings. The highest BCUT2D eigenvalue weighted by Gasteiger charge is 2.03. The zero-order valence-corrected chi connectivity index (χ0v) is 8.86. The van der Waals surface area contributed by atoms with Crippen LogP contribution in [0.4, 0.5) is 11.6 Å². The molecule has 0 unspecified atom stereocenters. The Bertz CT molecular complexity index is 551. The van der Waals surface area contributed by atoms with Gasteiger partial charge in [0.15, 0.2) is 5.16 Å². The minimum atomic E-state index is -0.307. The van der Waals surface area contributed by atoms with Gasteiger partial charge < -0.3 is 16.5 Å². The van der Waals surface area contributed by atoms with E-state index in [0.717, 1.165) is 11.8 Å². The molecule has 0 aliphatic rings. The Morgan fingerprint density at radius 1 is 1.19 bits per heavy atom. The first kappa shape index (κ1) is 10.4. The fourth-order valence-corrected chi connectivity index (χ4v) is 1.70. The third-order valence-electron chi connectivity index (χ3n) is 1.60. The summed E-state index contributed by atoms with van der Waals surface area (Å²) in [7, 11) is 0. The van der Waals surface area contributed by atoms with Gasteiger partial charge in [0.1, 0.15) is 16.7 Å². The second-order valence-corrected chi connectivity index (χ2v) is 3.88. The third-order valence-corrected chi connectivity index (χ3v) is 2.42. The Kier molecular flexibility index (Phi) is 2.73. The summed E-state index contributed by atoms with van der Waals surface area (Å²) < 4.78 is 0. The van der Waals surface area contributed by atoms with Crippen LogP contribution in [0.1, 0.15) is 0 Å². The molecule has 0 saturated carbocycles. The van der Waals surface area contributed by atoms with Crippen molar-refractivity contribution in [2.45, 2.75) is 10.2 Å². The topological polar surface area (TPSA) is 124 Å². The van der Waals surface area contributed by atoms with Gasteiger partial charge in [-0.3, -0.25) is 4.79 Å². The van der Waals surface area contributed by atoms with Crippen molar-refractivity contribution in [3.05, 3.63) is 28.6 Å². The smallest absolute Gasteiger partial charge is 0.253 e. The predicted molar refractivity (Wildman–Crippen MR) is 59.8 cm³/mol. The van der Waals surface area contributed by atoms with Crippen LogP contribution in [0.25, 0.3) is 0 Å². The second-order valence-electron chi connectivity index (χ2n) is 2.87. The van der Waals surface area contributed by atoms with Crippen molar-refractivity contribution >= 4 is 23.4 Å². The molecule has 0 saturated heterocycles. The molecule has 5 N–H and O–H groups in total. The number of aromatic amines is 1. The molecule has 82 valence electrons. The molecule has 2 aromatic rings. The number of hydrogen-bond donors (Lipinski definition) is 3. The maximum absolute atomic E-state index is 11.1. The van der Waals surface area contributed by atoms with Crippen LogP contribution < -0.4 is 17.0 Å². The van der Waals surface area contributed by atoms with Gasteiger partial charge in [0, 0.05) is 6.07 Å². The summed E-state index contributed by atoms with van der Waals surface area (Å²) >= 11 is 1.15. The quantitative estimate of drug-likeness (QED) is 0.620. The molecular weight excluding hydrogens is 228 g/mol. The van der Waals surface area contributed by atoms with Gasteiger partial charge in [0.2, 0.25) is 0 Å². The maximum atomic E-state index is 11.1. The van der Waals surface area contributed by atoms with E-state index in [1.807, 2.05) is 0 Å². The summed E-state index contributed by atoms with van der Waals surface area (Å²) in [5, 5.41) is 8.43. The number of nitrogen functional groups attached to an aromatic ring is 2. The lowest BCUT2D eigenvalue weighted by atomic mass is 10.5. The molecule has 0 aromatic carbocycles. The van der Waals surface area contributed by atoms with Crippen molar-refractivity contribution in [2.24, 2.45) is 0 Å². The molecule has 2 aromatic heterocycles. The van der Waals surface area contributed by atoms with E-state index in [4.69, 9.17) is 11.5 Å². The van der Waals surface area contributed by atoms with Crippen LogP contribution in [0.15, 0.2) is 33.2 Å². The Balaban J connectivity index is 2.26. The summed E-state index contributed by atoms with van der Waals surface area (Å²) in [6, 6.07) is 4.49. The van der Waals surface area contributed by atoms with Gasteiger partial charge >= 0.3 is 0 Å². The van der Waals surface area contributed by atoms with E-state index in [-0.39, 0.29) is 11.4 Å². The number of anilines is 2. The average Bonchev–Trinajstić information content (AvgIpc) is 2.20. The SMILES string of the molecule is Nc1ccc(Sc2nc(N)cc(=O)[nH]2)nn1. The molecule has 0 aliphatic heterocycles. The zero-order valence-electron chi connectivity index (χ0n) is 8.04. The second kappa shape index (κ2) is 4.19. The summed E-state index contributed by atoms with van der Waals surface area (Å²) in [4.78, 5) is 17.6. The molecule has 0 atom stereocenters. The first-order valence-electron chi connectivity index (χ1n) is 4.27. The first-order valence-corrected chi connectivity index (χ1v) is 5.09. The van der Waals surface area contributed by atoms with Crippen LogP contribution in [0.5, 0.6) is 0 Å². The molecule has 0 amide bonds. The number of nitrogens with two attached hydrogens (primary N) is 2. The first-order chi connectivity index (χ1) is 7.63. The molecule has 2 heterocycles. The van der Waals surface area contributed by atoms with Gasteiger partial charge in [-0.2, -0.15) is 0 Å². The standard InChI is InChI=1S/C8H8N6OS/c9-4-1-2-7(14-13-4)16-8-11-5(10)3-6(15)12-8/h1-3H,(H2,9,13)(H3,10,11,12,15). The average molecular weight is 236 g/mol. The molecule has 0 spiro atoms. The highest BCUT2D eigenvalue weighted by molar-refractivity contribution is 7.99.